The molecular formula is C32H38IN7O5. The molecule has 0 spiro atoms. The molecule has 6 rings (SSSR count). The van der Waals surface area contributed by atoms with Crippen molar-refractivity contribution in [3.8, 4) is 5.88 Å². The molecule has 4 heterocycles. The minimum atomic E-state index is -1.21. The standard InChI is InChI=1S/C32H38IN7O5/c1-4-19-14-32(19,30(34)43)37-27(41)24-13-20-16-40(24)29(42)26(17(2)3)36-31-39-38-25(45-31)9-7-5-6-8-18-10-11-21-22(12-18)28(44-20)35-15-23(21)33/h4,10-12,15,17,19-20,24,26H,1,5-9,13-14,16H2,2-3H3,(H2,34,43)(H,36,39)(H,37,41)/t19-,20-,24+,26+,32-/m1/s1. The summed E-state index contributed by atoms with van der Waals surface area (Å²) < 4.78 is 13.4. The molecule has 238 valence electrons. The monoisotopic (exact) mass is 727 g/mol. The van der Waals surface area contributed by atoms with Gasteiger partial charge in [-0.2, -0.15) is 0 Å². The topological polar surface area (TPSA) is 166 Å². The van der Waals surface area contributed by atoms with Crippen molar-refractivity contribution in [2.45, 2.75) is 82.5 Å². The van der Waals surface area contributed by atoms with Crippen LogP contribution in [0.3, 0.4) is 0 Å². The Balaban J connectivity index is 1.36. The molecule has 2 fully saturated rings. The fourth-order valence-electron chi connectivity index (χ4n) is 6.40. The predicted octanol–water partition coefficient (Wildman–Crippen LogP) is 3.52. The van der Waals surface area contributed by atoms with Crippen LogP contribution in [0.1, 0.15) is 57.4 Å². The maximum Gasteiger partial charge on any atom is 0.316 e. The normalized spacial score (nSPS) is 26.8. The van der Waals surface area contributed by atoms with Crippen molar-refractivity contribution in [2.75, 3.05) is 11.9 Å². The van der Waals surface area contributed by atoms with E-state index in [1.54, 1.807) is 12.3 Å². The van der Waals surface area contributed by atoms with Crippen LogP contribution in [0.15, 0.2) is 41.5 Å². The van der Waals surface area contributed by atoms with Crippen LogP contribution in [-0.4, -0.2) is 68.1 Å². The first-order valence-electron chi connectivity index (χ1n) is 15.5. The van der Waals surface area contributed by atoms with E-state index in [2.05, 4.69) is 73.2 Å². The Bertz CT molecular complexity index is 1640. The van der Waals surface area contributed by atoms with Crippen molar-refractivity contribution in [2.24, 2.45) is 17.6 Å². The summed E-state index contributed by atoms with van der Waals surface area (Å²) >= 11 is 2.27. The lowest BCUT2D eigenvalue weighted by Gasteiger charge is -2.30. The second kappa shape index (κ2) is 12.6. The highest BCUT2D eigenvalue weighted by atomic mass is 127. The van der Waals surface area contributed by atoms with Crippen LogP contribution in [-0.2, 0) is 27.2 Å². The van der Waals surface area contributed by atoms with Crippen molar-refractivity contribution in [1.82, 2.24) is 25.4 Å². The third-order valence-corrected chi connectivity index (χ3v) is 9.97. The number of carbonyl (C=O) groups is 3. The molecule has 0 radical (unpaired) electrons. The summed E-state index contributed by atoms with van der Waals surface area (Å²) in [5.41, 5.74) is 5.68. The molecule has 3 amide bonds. The first kappa shape index (κ1) is 31.2. The van der Waals surface area contributed by atoms with Crippen molar-refractivity contribution >= 4 is 57.1 Å². The van der Waals surface area contributed by atoms with E-state index in [0.717, 1.165) is 40.0 Å². The van der Waals surface area contributed by atoms with Crippen molar-refractivity contribution < 1.29 is 23.5 Å². The lowest BCUT2D eigenvalue weighted by molar-refractivity contribution is -0.140. The molecule has 3 aliphatic rings. The van der Waals surface area contributed by atoms with E-state index in [0.29, 0.717) is 24.6 Å². The van der Waals surface area contributed by atoms with E-state index in [4.69, 9.17) is 14.9 Å². The molecule has 1 aromatic carbocycles. The summed E-state index contributed by atoms with van der Waals surface area (Å²) in [4.78, 5) is 46.7. The number of nitrogens with zero attached hydrogens (tertiary/aromatic N) is 4. The minimum Gasteiger partial charge on any atom is -0.472 e. The van der Waals surface area contributed by atoms with Gasteiger partial charge in [-0.15, -0.1) is 11.7 Å². The zero-order valence-corrected chi connectivity index (χ0v) is 27.6. The first-order valence-corrected chi connectivity index (χ1v) is 16.5. The highest BCUT2D eigenvalue weighted by molar-refractivity contribution is 14.1. The number of halogens is 1. The summed E-state index contributed by atoms with van der Waals surface area (Å²) in [6.07, 6.45) is 7.84. The molecule has 1 saturated carbocycles. The van der Waals surface area contributed by atoms with E-state index < -0.39 is 35.5 Å². The first-order chi connectivity index (χ1) is 21.6. The van der Waals surface area contributed by atoms with Crippen LogP contribution in [0, 0.1) is 15.4 Å². The molecule has 6 bridgehead atoms. The number of ether oxygens (including phenoxy) is 1. The molecule has 1 saturated heterocycles. The van der Waals surface area contributed by atoms with E-state index in [9.17, 15) is 14.4 Å². The van der Waals surface area contributed by atoms with Crippen LogP contribution < -0.4 is 21.1 Å². The SMILES string of the molecule is C=C[C@@H]1C[C@]1(NC(=O)[C@@H]1C[C@@H]2CN1C(=O)[C@H](C(C)C)Nc1nnc(o1)CCCCCc1ccc3c(I)cnc(c3c1)O2)C(N)=O. The molecule has 13 heteroatoms. The smallest absolute Gasteiger partial charge is 0.316 e. The molecule has 2 aromatic heterocycles. The quantitative estimate of drug-likeness (QED) is 0.264. The van der Waals surface area contributed by atoms with Crippen molar-refractivity contribution in [1.29, 1.82) is 0 Å². The number of aryl methyl sites for hydroxylation is 2. The summed E-state index contributed by atoms with van der Waals surface area (Å²) in [5, 5.41) is 16.2. The van der Waals surface area contributed by atoms with Crippen LogP contribution in [0.5, 0.6) is 5.88 Å². The van der Waals surface area contributed by atoms with Gasteiger partial charge in [-0.25, -0.2) is 4.98 Å². The van der Waals surface area contributed by atoms with Crippen LogP contribution >= 0.6 is 22.6 Å². The number of hydrogen-bond donors (Lipinski definition) is 3. The van der Waals surface area contributed by atoms with Gasteiger partial charge in [0, 0.05) is 39.3 Å². The van der Waals surface area contributed by atoms with Gasteiger partial charge in [0.15, 0.2) is 0 Å². The fraction of sp³-hybridized carbons (Fsp3) is 0.500. The maximum atomic E-state index is 14.2. The zero-order chi connectivity index (χ0) is 31.9. The van der Waals surface area contributed by atoms with Crippen molar-refractivity contribution in [3.05, 3.63) is 52.1 Å². The molecule has 0 unspecified atom stereocenters. The molecule has 12 nitrogen and oxygen atoms in total. The predicted molar refractivity (Wildman–Crippen MR) is 175 cm³/mol. The zero-order valence-electron chi connectivity index (χ0n) is 25.4. The summed E-state index contributed by atoms with van der Waals surface area (Å²) in [6.45, 7) is 7.72. The third kappa shape index (κ3) is 6.23. The number of aromatic nitrogens is 3. The Morgan fingerprint density at radius 2 is 2.02 bits per heavy atom. The largest absolute Gasteiger partial charge is 0.472 e. The van der Waals surface area contributed by atoms with Crippen LogP contribution in [0.4, 0.5) is 6.01 Å². The van der Waals surface area contributed by atoms with Crippen molar-refractivity contribution in [3.63, 3.8) is 0 Å². The second-order valence-corrected chi connectivity index (χ2v) is 13.7. The van der Waals surface area contributed by atoms with Gasteiger partial charge in [0.25, 0.3) is 0 Å². The van der Waals surface area contributed by atoms with Crippen LogP contribution in [0.25, 0.3) is 10.8 Å². The van der Waals surface area contributed by atoms with E-state index in [-0.39, 0.29) is 36.7 Å². The van der Waals surface area contributed by atoms with Gasteiger partial charge in [0.1, 0.15) is 23.7 Å². The number of primary amides is 1. The molecule has 4 N–H and O–H groups in total. The molecule has 45 heavy (non-hydrogen) atoms. The van der Waals surface area contributed by atoms with E-state index in [1.165, 1.54) is 10.5 Å². The Labute approximate surface area is 275 Å². The number of fused-ring (bicyclic) bond motifs is 5. The number of nitrogens with one attached hydrogen (secondary N) is 2. The number of carbonyl (C=O) groups excluding carboxylic acids is 3. The molecule has 3 aromatic rings. The molecule has 2 aliphatic heterocycles. The van der Waals surface area contributed by atoms with Gasteiger partial charge in [-0.1, -0.05) is 43.6 Å². The fourth-order valence-corrected chi connectivity index (χ4v) is 7.01. The molecule has 5 atom stereocenters. The van der Waals surface area contributed by atoms with Crippen LogP contribution in [0.2, 0.25) is 0 Å². The second-order valence-electron chi connectivity index (χ2n) is 12.6. The number of anilines is 1. The Morgan fingerprint density at radius 3 is 2.76 bits per heavy atom. The maximum absolute atomic E-state index is 14.2. The highest BCUT2D eigenvalue weighted by Crippen LogP contribution is 2.44. The minimum absolute atomic E-state index is 0.139. The highest BCUT2D eigenvalue weighted by Gasteiger charge is 2.60. The Morgan fingerprint density at radius 1 is 1.22 bits per heavy atom. The number of hydrogen-bond acceptors (Lipinski definition) is 9. The van der Waals surface area contributed by atoms with Gasteiger partial charge < -0.3 is 30.4 Å². The number of benzene rings is 1. The summed E-state index contributed by atoms with van der Waals surface area (Å²) in [5.74, 6) is -0.898. The third-order valence-electron chi connectivity index (χ3n) is 9.11. The van der Waals surface area contributed by atoms with Gasteiger partial charge in [-0.3, -0.25) is 14.4 Å². The Kier molecular flexibility index (Phi) is 8.72. The van der Waals surface area contributed by atoms with Gasteiger partial charge in [-0.05, 0) is 65.8 Å². The van der Waals surface area contributed by atoms with E-state index >= 15 is 0 Å². The molecular weight excluding hydrogens is 689 g/mol. The summed E-state index contributed by atoms with van der Waals surface area (Å²) in [7, 11) is 0. The number of nitrogens with two attached hydrogens (primary N) is 1. The average Bonchev–Trinajstić information content (AvgIpc) is 3.31. The molecule has 1 aliphatic carbocycles. The average molecular weight is 728 g/mol. The lowest BCUT2D eigenvalue weighted by atomic mass is 10.0. The number of rotatable bonds is 5. The number of pyridine rings is 1. The van der Waals surface area contributed by atoms with E-state index in [1.807, 2.05) is 13.8 Å². The number of amides is 3. The Hall–Kier alpha value is -3.75. The van der Waals surface area contributed by atoms with Gasteiger partial charge in [0.05, 0.1) is 6.54 Å². The lowest BCUT2D eigenvalue weighted by Crippen LogP contribution is -2.56. The van der Waals surface area contributed by atoms with Gasteiger partial charge >= 0.3 is 6.01 Å². The van der Waals surface area contributed by atoms with Gasteiger partial charge in [0.2, 0.25) is 29.5 Å². The summed E-state index contributed by atoms with van der Waals surface area (Å²) in [6, 6.07) is 4.83.